The number of benzene rings is 1. The zero-order valence-corrected chi connectivity index (χ0v) is 10.7. The molecule has 1 aliphatic rings. The van der Waals surface area contributed by atoms with E-state index in [1.54, 1.807) is 0 Å². The minimum absolute atomic E-state index is 0.0858. The molecule has 0 heterocycles. The average molecular weight is 280 g/mol. The summed E-state index contributed by atoms with van der Waals surface area (Å²) in [6.07, 6.45) is 0.738. The lowest BCUT2D eigenvalue weighted by atomic mass is 10.1. The summed E-state index contributed by atoms with van der Waals surface area (Å²) in [5.74, 6) is -2.84. The van der Waals surface area contributed by atoms with Gasteiger partial charge in [-0.15, -0.1) is 0 Å². The normalized spacial score (nSPS) is 15.3. The molecule has 0 aromatic heterocycles. The number of aliphatic carboxylic acids is 1. The molecule has 1 aliphatic carbocycles. The van der Waals surface area contributed by atoms with Crippen molar-refractivity contribution in [2.75, 3.05) is 5.32 Å². The maximum Gasteiger partial charge on any atom is 0.329 e. The second-order valence-corrected chi connectivity index (χ2v) is 4.72. The molecule has 0 unspecified atom stereocenters. The van der Waals surface area contributed by atoms with Crippen molar-refractivity contribution in [3.8, 4) is 0 Å². The number of halogens is 1. The molecule has 0 spiro atoms. The van der Waals surface area contributed by atoms with Gasteiger partial charge in [-0.2, -0.15) is 0 Å². The molecule has 0 saturated heterocycles. The van der Waals surface area contributed by atoms with Crippen LogP contribution in [0.4, 0.5) is 10.1 Å². The minimum atomic E-state index is -1.21. The predicted molar refractivity (Wildman–Crippen MR) is 67.8 cm³/mol. The molecule has 3 N–H and O–H groups in total. The average Bonchev–Trinajstić information content (AvgIpc) is 3.12. The van der Waals surface area contributed by atoms with E-state index in [1.165, 1.54) is 19.1 Å². The molecule has 1 saturated carbocycles. The lowest BCUT2D eigenvalue weighted by Gasteiger charge is -2.13. The van der Waals surface area contributed by atoms with Gasteiger partial charge in [-0.05, 0) is 31.0 Å². The Kier molecular flexibility index (Phi) is 3.44. The SMILES string of the molecule is CC(=O)Nc1cc(C(=O)NC2(C(=O)O)CC2)ccc1F. The van der Waals surface area contributed by atoms with Crippen LogP contribution >= 0.6 is 0 Å². The van der Waals surface area contributed by atoms with Crippen LogP contribution in [-0.2, 0) is 9.59 Å². The van der Waals surface area contributed by atoms with Crippen molar-refractivity contribution in [3.63, 3.8) is 0 Å². The summed E-state index contributed by atoms with van der Waals surface area (Å²) in [6.45, 7) is 1.22. The second-order valence-electron chi connectivity index (χ2n) is 4.72. The summed E-state index contributed by atoms with van der Waals surface area (Å²) in [7, 11) is 0. The number of carboxylic acid groups (broad SMARTS) is 1. The molecule has 1 aromatic rings. The third-order valence-corrected chi connectivity index (χ3v) is 3.05. The van der Waals surface area contributed by atoms with Gasteiger partial charge in [0.2, 0.25) is 5.91 Å². The molecule has 20 heavy (non-hydrogen) atoms. The summed E-state index contributed by atoms with van der Waals surface area (Å²) in [6, 6.07) is 3.44. The second kappa shape index (κ2) is 4.92. The van der Waals surface area contributed by atoms with E-state index in [1.807, 2.05) is 0 Å². The molecule has 1 aromatic carbocycles. The third kappa shape index (κ3) is 2.76. The zero-order valence-electron chi connectivity index (χ0n) is 10.7. The van der Waals surface area contributed by atoms with Crippen LogP contribution in [-0.4, -0.2) is 28.4 Å². The third-order valence-electron chi connectivity index (χ3n) is 3.05. The van der Waals surface area contributed by atoms with Gasteiger partial charge in [0.1, 0.15) is 11.4 Å². The molecule has 106 valence electrons. The van der Waals surface area contributed by atoms with E-state index in [0.29, 0.717) is 12.8 Å². The number of anilines is 1. The van der Waals surface area contributed by atoms with E-state index in [9.17, 15) is 18.8 Å². The summed E-state index contributed by atoms with van der Waals surface area (Å²) in [4.78, 5) is 33.8. The molecule has 0 atom stereocenters. The van der Waals surface area contributed by atoms with Crippen molar-refractivity contribution in [2.24, 2.45) is 0 Å². The number of carboxylic acids is 1. The Morgan fingerprint density at radius 1 is 1.30 bits per heavy atom. The van der Waals surface area contributed by atoms with Gasteiger partial charge in [0.25, 0.3) is 5.91 Å². The van der Waals surface area contributed by atoms with Crippen LogP contribution in [0.1, 0.15) is 30.1 Å². The standard InChI is InChI=1S/C13H13FN2O4/c1-7(17)15-10-6-8(2-3-9(10)14)11(18)16-13(4-5-13)12(19)20/h2-3,6H,4-5H2,1H3,(H,15,17)(H,16,18)(H,19,20). The first-order chi connectivity index (χ1) is 9.34. The Labute approximate surface area is 114 Å². The van der Waals surface area contributed by atoms with Gasteiger partial charge in [-0.3, -0.25) is 9.59 Å². The van der Waals surface area contributed by atoms with Crippen molar-refractivity contribution >= 4 is 23.5 Å². The smallest absolute Gasteiger partial charge is 0.329 e. The summed E-state index contributed by atoms with van der Waals surface area (Å²) in [5.41, 5.74) is -1.24. The van der Waals surface area contributed by atoms with Gasteiger partial charge in [0.05, 0.1) is 5.69 Å². The van der Waals surface area contributed by atoms with Crippen LogP contribution in [0.3, 0.4) is 0 Å². The first-order valence-electron chi connectivity index (χ1n) is 5.97. The molecular weight excluding hydrogens is 267 g/mol. The van der Waals surface area contributed by atoms with Gasteiger partial charge in [0, 0.05) is 12.5 Å². The number of carbonyl (C=O) groups excluding carboxylic acids is 2. The zero-order chi connectivity index (χ0) is 14.9. The lowest BCUT2D eigenvalue weighted by molar-refractivity contribution is -0.140. The van der Waals surface area contributed by atoms with E-state index in [4.69, 9.17) is 5.11 Å². The quantitative estimate of drug-likeness (QED) is 0.770. The number of carbonyl (C=O) groups is 3. The highest BCUT2D eigenvalue weighted by atomic mass is 19.1. The number of nitrogens with one attached hydrogen (secondary N) is 2. The van der Waals surface area contributed by atoms with Gasteiger partial charge in [-0.25, -0.2) is 9.18 Å². The highest BCUT2D eigenvalue weighted by molar-refractivity contribution is 6.00. The molecular formula is C13H13FN2O4. The fraction of sp³-hybridized carbons (Fsp3) is 0.308. The molecule has 7 heteroatoms. The first kappa shape index (κ1) is 14.0. The topological polar surface area (TPSA) is 95.5 Å². The summed E-state index contributed by atoms with van der Waals surface area (Å²) < 4.78 is 13.4. The lowest BCUT2D eigenvalue weighted by Crippen LogP contribution is -2.43. The summed E-state index contributed by atoms with van der Waals surface area (Å²) >= 11 is 0. The molecule has 2 rings (SSSR count). The molecule has 6 nitrogen and oxygen atoms in total. The van der Waals surface area contributed by atoms with E-state index in [-0.39, 0.29) is 11.3 Å². The van der Waals surface area contributed by atoms with Gasteiger partial charge < -0.3 is 15.7 Å². The Morgan fingerprint density at radius 2 is 1.95 bits per heavy atom. The summed E-state index contributed by atoms with van der Waals surface area (Å²) in [5, 5.41) is 13.7. The predicted octanol–water partition coefficient (Wildman–Crippen LogP) is 1.13. The van der Waals surface area contributed by atoms with E-state index in [2.05, 4.69) is 10.6 Å². The molecule has 1 fully saturated rings. The Hall–Kier alpha value is -2.44. The molecule has 0 bridgehead atoms. The fourth-order valence-corrected chi connectivity index (χ4v) is 1.76. The monoisotopic (exact) mass is 280 g/mol. The van der Waals surface area contributed by atoms with Gasteiger partial charge in [-0.1, -0.05) is 0 Å². The number of hydrogen-bond acceptors (Lipinski definition) is 3. The van der Waals surface area contributed by atoms with Crippen molar-refractivity contribution < 1.29 is 23.9 Å². The maximum atomic E-state index is 13.4. The van der Waals surface area contributed by atoms with Crippen LogP contribution in [0.15, 0.2) is 18.2 Å². The van der Waals surface area contributed by atoms with Crippen molar-refractivity contribution in [3.05, 3.63) is 29.6 Å². The fourth-order valence-electron chi connectivity index (χ4n) is 1.76. The van der Waals surface area contributed by atoms with Crippen molar-refractivity contribution in [1.82, 2.24) is 5.32 Å². The van der Waals surface area contributed by atoms with Crippen LogP contribution < -0.4 is 10.6 Å². The highest BCUT2D eigenvalue weighted by Crippen LogP contribution is 2.35. The number of rotatable bonds is 4. The van der Waals surface area contributed by atoms with Crippen LogP contribution in [0.25, 0.3) is 0 Å². The number of amides is 2. The van der Waals surface area contributed by atoms with E-state index >= 15 is 0 Å². The largest absolute Gasteiger partial charge is 0.480 e. The molecule has 0 aliphatic heterocycles. The van der Waals surface area contributed by atoms with E-state index < -0.39 is 29.1 Å². The number of hydrogen-bond donors (Lipinski definition) is 3. The maximum absolute atomic E-state index is 13.4. The Bertz CT molecular complexity index is 596. The van der Waals surface area contributed by atoms with Gasteiger partial charge in [0.15, 0.2) is 0 Å². The van der Waals surface area contributed by atoms with Crippen LogP contribution in [0.5, 0.6) is 0 Å². The van der Waals surface area contributed by atoms with Crippen molar-refractivity contribution in [1.29, 1.82) is 0 Å². The highest BCUT2D eigenvalue weighted by Gasteiger charge is 2.51. The Morgan fingerprint density at radius 3 is 2.45 bits per heavy atom. The van der Waals surface area contributed by atoms with Crippen molar-refractivity contribution in [2.45, 2.75) is 25.3 Å². The van der Waals surface area contributed by atoms with Crippen LogP contribution in [0.2, 0.25) is 0 Å². The minimum Gasteiger partial charge on any atom is -0.480 e. The van der Waals surface area contributed by atoms with E-state index in [0.717, 1.165) is 6.07 Å². The van der Waals surface area contributed by atoms with Crippen LogP contribution in [0, 0.1) is 5.82 Å². The molecule has 0 radical (unpaired) electrons. The first-order valence-corrected chi connectivity index (χ1v) is 5.97. The Balaban J connectivity index is 2.18. The molecule has 2 amide bonds. The van der Waals surface area contributed by atoms with Gasteiger partial charge >= 0.3 is 5.97 Å².